The Hall–Kier alpha value is -2.36. The number of Topliss-reactive ketones (excluding diaryl/α,β-unsaturated/α-hetero) is 1. The van der Waals surface area contributed by atoms with Gasteiger partial charge in [0.1, 0.15) is 0 Å². The first-order valence-corrected chi connectivity index (χ1v) is 7.41. The van der Waals surface area contributed by atoms with Crippen LogP contribution in [0.1, 0.15) is 42.0 Å². The third-order valence-electron chi connectivity index (χ3n) is 4.11. The molecule has 22 heavy (non-hydrogen) atoms. The van der Waals surface area contributed by atoms with E-state index in [0.29, 0.717) is 17.7 Å². The van der Waals surface area contributed by atoms with Crippen molar-refractivity contribution in [3.63, 3.8) is 0 Å². The zero-order valence-corrected chi connectivity index (χ0v) is 12.8. The molecular weight excluding hydrogens is 278 g/mol. The lowest BCUT2D eigenvalue weighted by molar-refractivity contribution is -0.136. The number of hydrogen-bond acceptors (Lipinski definition) is 2. The highest BCUT2D eigenvalue weighted by Gasteiger charge is 2.34. The molecule has 0 aliphatic heterocycles. The van der Waals surface area contributed by atoms with Gasteiger partial charge in [-0.1, -0.05) is 32.0 Å². The van der Waals surface area contributed by atoms with Crippen LogP contribution in [0.5, 0.6) is 0 Å². The van der Waals surface area contributed by atoms with E-state index in [0.717, 1.165) is 17.8 Å². The molecule has 0 spiro atoms. The number of ketones is 1. The Morgan fingerprint density at radius 1 is 1.23 bits per heavy atom. The van der Waals surface area contributed by atoms with Gasteiger partial charge in [0.15, 0.2) is 5.78 Å². The van der Waals surface area contributed by atoms with Crippen LogP contribution in [0, 0.1) is 5.41 Å². The van der Waals surface area contributed by atoms with Crippen molar-refractivity contribution in [2.24, 2.45) is 5.41 Å². The van der Waals surface area contributed by atoms with Gasteiger partial charge < -0.3 is 9.67 Å². The molecule has 0 saturated heterocycles. The van der Waals surface area contributed by atoms with Crippen LogP contribution in [0.25, 0.3) is 5.69 Å². The summed E-state index contributed by atoms with van der Waals surface area (Å²) in [6, 6.07) is 11.4. The minimum Gasteiger partial charge on any atom is -0.481 e. The minimum absolute atomic E-state index is 0.0877. The third kappa shape index (κ3) is 2.56. The Labute approximate surface area is 129 Å². The maximum Gasteiger partial charge on any atom is 0.309 e. The van der Waals surface area contributed by atoms with Gasteiger partial charge in [0.2, 0.25) is 0 Å². The van der Waals surface area contributed by atoms with Crippen molar-refractivity contribution in [3.05, 3.63) is 53.3 Å². The van der Waals surface area contributed by atoms with Gasteiger partial charge in [-0.15, -0.1) is 0 Å². The summed E-state index contributed by atoms with van der Waals surface area (Å²) in [7, 11) is 0. The van der Waals surface area contributed by atoms with Crippen molar-refractivity contribution in [3.8, 4) is 5.69 Å². The van der Waals surface area contributed by atoms with E-state index in [2.05, 4.69) is 13.8 Å². The Bertz CT molecular complexity index is 741. The highest BCUT2D eigenvalue weighted by molar-refractivity contribution is 5.99. The molecule has 2 aromatic rings. The summed E-state index contributed by atoms with van der Waals surface area (Å²) in [5.41, 5.74) is 3.08. The number of hydrogen-bond donors (Lipinski definition) is 1. The van der Waals surface area contributed by atoms with Crippen LogP contribution in [-0.2, 0) is 17.6 Å². The van der Waals surface area contributed by atoms with Gasteiger partial charge in [-0.3, -0.25) is 9.59 Å². The molecule has 1 aromatic heterocycles. The fourth-order valence-corrected chi connectivity index (χ4v) is 3.25. The molecule has 0 unspecified atom stereocenters. The number of benzene rings is 1. The minimum atomic E-state index is -0.890. The maximum absolute atomic E-state index is 12.4. The molecular formula is C18H19NO3. The van der Waals surface area contributed by atoms with Crippen LogP contribution < -0.4 is 0 Å². The van der Waals surface area contributed by atoms with Gasteiger partial charge in [0, 0.05) is 29.1 Å². The number of para-hydroxylation sites is 1. The Morgan fingerprint density at radius 3 is 2.55 bits per heavy atom. The summed E-state index contributed by atoms with van der Waals surface area (Å²) in [4.78, 5) is 23.6. The highest BCUT2D eigenvalue weighted by atomic mass is 16.4. The van der Waals surface area contributed by atoms with E-state index in [4.69, 9.17) is 5.11 Å². The van der Waals surface area contributed by atoms with E-state index in [1.165, 1.54) is 0 Å². The van der Waals surface area contributed by atoms with Gasteiger partial charge in [0.05, 0.1) is 6.42 Å². The zero-order chi connectivity index (χ0) is 15.9. The van der Waals surface area contributed by atoms with E-state index in [9.17, 15) is 9.59 Å². The molecule has 0 amide bonds. The molecule has 1 heterocycles. The van der Waals surface area contributed by atoms with Crippen molar-refractivity contribution in [2.45, 2.75) is 33.1 Å². The van der Waals surface area contributed by atoms with Crippen LogP contribution in [0.4, 0.5) is 0 Å². The summed E-state index contributed by atoms with van der Waals surface area (Å²) in [6.07, 6.45) is 1.18. The van der Waals surface area contributed by atoms with Crippen LogP contribution in [0.2, 0.25) is 0 Å². The molecule has 114 valence electrons. The number of carbonyl (C=O) groups excluding carboxylic acids is 1. The number of carboxylic acid groups (broad SMARTS) is 1. The summed E-state index contributed by atoms with van der Waals surface area (Å²) in [5.74, 6) is -0.786. The van der Waals surface area contributed by atoms with Gasteiger partial charge >= 0.3 is 5.97 Å². The van der Waals surface area contributed by atoms with Crippen LogP contribution >= 0.6 is 0 Å². The molecule has 0 fully saturated rings. The second kappa shape index (κ2) is 5.13. The second-order valence-electron chi connectivity index (χ2n) is 6.68. The average molecular weight is 297 g/mol. The van der Waals surface area contributed by atoms with E-state index < -0.39 is 5.97 Å². The molecule has 0 saturated carbocycles. The first-order chi connectivity index (χ1) is 10.4. The van der Waals surface area contributed by atoms with E-state index >= 15 is 0 Å². The van der Waals surface area contributed by atoms with Crippen LogP contribution in [0.3, 0.4) is 0 Å². The summed E-state index contributed by atoms with van der Waals surface area (Å²) in [5, 5.41) is 9.17. The largest absolute Gasteiger partial charge is 0.481 e. The van der Waals surface area contributed by atoms with Crippen molar-refractivity contribution in [2.75, 3.05) is 0 Å². The molecule has 4 heteroatoms. The quantitative estimate of drug-likeness (QED) is 0.946. The van der Waals surface area contributed by atoms with Crippen LogP contribution in [-0.4, -0.2) is 21.4 Å². The number of fused-ring (bicyclic) bond motifs is 1. The SMILES string of the molecule is CC1(C)CC(=O)c2cc(CC(=O)O)n(-c3ccccc3)c2C1. The number of aromatic nitrogens is 1. The first-order valence-electron chi connectivity index (χ1n) is 7.41. The number of carbonyl (C=O) groups is 2. The molecule has 4 nitrogen and oxygen atoms in total. The smallest absolute Gasteiger partial charge is 0.309 e. The number of rotatable bonds is 3. The summed E-state index contributed by atoms with van der Waals surface area (Å²) >= 11 is 0. The zero-order valence-electron chi connectivity index (χ0n) is 12.8. The summed E-state index contributed by atoms with van der Waals surface area (Å²) in [6.45, 7) is 4.15. The predicted molar refractivity (Wildman–Crippen MR) is 83.5 cm³/mol. The lowest BCUT2D eigenvalue weighted by atomic mass is 9.76. The summed E-state index contributed by atoms with van der Waals surface area (Å²) < 4.78 is 1.95. The predicted octanol–water partition coefficient (Wildman–Crippen LogP) is 3.26. The molecule has 0 radical (unpaired) electrons. The monoisotopic (exact) mass is 297 g/mol. The first kappa shape index (κ1) is 14.6. The molecule has 1 aromatic carbocycles. The fraction of sp³-hybridized carbons (Fsp3) is 0.333. The molecule has 0 atom stereocenters. The van der Waals surface area contributed by atoms with E-state index in [-0.39, 0.29) is 17.6 Å². The van der Waals surface area contributed by atoms with E-state index in [1.807, 2.05) is 34.9 Å². The van der Waals surface area contributed by atoms with Gasteiger partial charge in [-0.25, -0.2) is 0 Å². The normalized spacial score (nSPS) is 16.4. The van der Waals surface area contributed by atoms with E-state index in [1.54, 1.807) is 6.07 Å². The standard InChI is InChI=1S/C18H19NO3/c1-18(2)10-15-14(16(20)11-18)8-13(9-17(21)22)19(15)12-6-4-3-5-7-12/h3-8H,9-11H2,1-2H3,(H,21,22). The van der Waals surface area contributed by atoms with Crippen LogP contribution in [0.15, 0.2) is 36.4 Å². The Kier molecular flexibility index (Phi) is 3.39. The number of carboxylic acids is 1. The maximum atomic E-state index is 12.4. The topological polar surface area (TPSA) is 59.3 Å². The Morgan fingerprint density at radius 2 is 1.91 bits per heavy atom. The van der Waals surface area contributed by atoms with Gasteiger partial charge in [-0.05, 0) is 30.0 Å². The van der Waals surface area contributed by atoms with Crippen molar-refractivity contribution in [1.82, 2.24) is 4.57 Å². The molecule has 1 aliphatic rings. The lowest BCUT2D eigenvalue weighted by Gasteiger charge is -2.30. The van der Waals surface area contributed by atoms with Gasteiger partial charge in [-0.2, -0.15) is 0 Å². The molecule has 1 N–H and O–H groups in total. The van der Waals surface area contributed by atoms with Gasteiger partial charge in [0.25, 0.3) is 0 Å². The van der Waals surface area contributed by atoms with Crippen molar-refractivity contribution >= 4 is 11.8 Å². The molecule has 0 bridgehead atoms. The van der Waals surface area contributed by atoms with Crippen molar-refractivity contribution in [1.29, 1.82) is 0 Å². The fourth-order valence-electron chi connectivity index (χ4n) is 3.25. The lowest BCUT2D eigenvalue weighted by Crippen LogP contribution is -2.27. The average Bonchev–Trinajstić information content (AvgIpc) is 2.76. The number of aliphatic carboxylic acids is 1. The Balaban J connectivity index is 2.22. The number of nitrogens with zero attached hydrogens (tertiary/aromatic N) is 1. The molecule has 3 rings (SSSR count). The molecule has 1 aliphatic carbocycles. The highest BCUT2D eigenvalue weighted by Crippen LogP contribution is 2.37. The second-order valence-corrected chi connectivity index (χ2v) is 6.68. The third-order valence-corrected chi connectivity index (χ3v) is 4.11. The van der Waals surface area contributed by atoms with Crippen molar-refractivity contribution < 1.29 is 14.7 Å².